The van der Waals surface area contributed by atoms with E-state index in [0.717, 1.165) is 161 Å². The van der Waals surface area contributed by atoms with E-state index in [2.05, 4.69) is 125 Å². The number of esters is 4. The van der Waals surface area contributed by atoms with Gasteiger partial charge in [0, 0.05) is 25.7 Å². The van der Waals surface area contributed by atoms with Crippen molar-refractivity contribution in [3.05, 3.63) is 97.2 Å². The first-order valence-corrected chi connectivity index (χ1v) is 42.5. The topological polar surface area (TPSA) is 237 Å². The molecule has 0 saturated heterocycles. The van der Waals surface area contributed by atoms with Gasteiger partial charge in [-0.1, -0.05) is 305 Å². The van der Waals surface area contributed by atoms with Crippen LogP contribution in [0.15, 0.2) is 97.2 Å². The Bertz CT molecular complexity index is 2270. The number of ether oxygens (including phenoxy) is 4. The molecular formula is C81H142O17P2. The molecule has 17 nitrogen and oxygen atoms in total. The summed E-state index contributed by atoms with van der Waals surface area (Å²) in [6, 6.07) is 0. The van der Waals surface area contributed by atoms with E-state index in [1.807, 2.05) is 0 Å². The van der Waals surface area contributed by atoms with Crippen LogP contribution in [0, 0.1) is 0 Å². The maximum atomic E-state index is 13.1. The molecule has 0 radical (unpaired) electrons. The summed E-state index contributed by atoms with van der Waals surface area (Å²) in [5, 5.41) is 10.6. The fourth-order valence-electron chi connectivity index (χ4n) is 10.6. The summed E-state index contributed by atoms with van der Waals surface area (Å²) < 4.78 is 68.5. The van der Waals surface area contributed by atoms with E-state index < -0.39 is 97.5 Å². The van der Waals surface area contributed by atoms with Crippen LogP contribution in [0.4, 0.5) is 0 Å². The van der Waals surface area contributed by atoms with Crippen molar-refractivity contribution in [3.8, 4) is 0 Å². The molecule has 0 aliphatic carbocycles. The van der Waals surface area contributed by atoms with Gasteiger partial charge in [-0.3, -0.25) is 37.3 Å². The lowest BCUT2D eigenvalue weighted by Gasteiger charge is -2.21. The fourth-order valence-corrected chi connectivity index (χ4v) is 12.2. The molecule has 0 aliphatic rings. The Balaban J connectivity index is 5.35. The standard InChI is InChI=1S/C81H142O17P2/c1-5-9-13-17-21-25-29-32-34-36-37-39-40-43-47-50-54-58-62-66-79(84)92-72-77(98-81(86)68-64-60-56-52-48-44-41-38-35-33-30-26-22-18-14-10-6-2)74-96-100(89,90)94-70-75(82)69-93-99(87,88)95-73-76(97-80(85)67-63-59-55-51-45-28-24-20-16-12-8-4)71-91-78(83)65-61-57-53-49-46-42-31-27-23-19-15-11-7-3/h9-10,13-14,21-22,25-26,32-35,37,39,41,44,75-77,82H,5-8,11-12,15-20,23-24,27-31,36,38,40,42-43,45-74H2,1-4H3,(H,87,88)(H,89,90)/b13-9-,14-10-,25-21-,26-22-,34-32-,35-33-,39-37-,44-41-. The highest BCUT2D eigenvalue weighted by Crippen LogP contribution is 2.45. The fraction of sp³-hybridized carbons (Fsp3) is 0.753. The molecule has 0 bridgehead atoms. The van der Waals surface area contributed by atoms with Gasteiger partial charge in [0.15, 0.2) is 12.2 Å². The summed E-state index contributed by atoms with van der Waals surface area (Å²) in [7, 11) is -9.95. The number of allylic oxidation sites excluding steroid dienone is 16. The van der Waals surface area contributed by atoms with Crippen LogP contribution < -0.4 is 0 Å². The lowest BCUT2D eigenvalue weighted by Crippen LogP contribution is -2.30. The van der Waals surface area contributed by atoms with Crippen molar-refractivity contribution in [1.29, 1.82) is 0 Å². The van der Waals surface area contributed by atoms with Crippen LogP contribution in [-0.4, -0.2) is 96.7 Å². The van der Waals surface area contributed by atoms with Crippen molar-refractivity contribution >= 4 is 39.5 Å². The van der Waals surface area contributed by atoms with Gasteiger partial charge in [0.1, 0.15) is 19.3 Å². The maximum absolute atomic E-state index is 13.1. The van der Waals surface area contributed by atoms with Crippen LogP contribution >= 0.6 is 15.6 Å². The van der Waals surface area contributed by atoms with Gasteiger partial charge in [0.25, 0.3) is 0 Å². The van der Waals surface area contributed by atoms with Crippen molar-refractivity contribution in [2.75, 3.05) is 39.6 Å². The van der Waals surface area contributed by atoms with E-state index in [0.29, 0.717) is 25.7 Å². The Kier molecular flexibility index (Phi) is 70.4. The summed E-state index contributed by atoms with van der Waals surface area (Å²) in [6.45, 7) is 4.64. The number of phosphoric acid groups is 2. The van der Waals surface area contributed by atoms with Crippen LogP contribution in [0.3, 0.4) is 0 Å². The predicted octanol–water partition coefficient (Wildman–Crippen LogP) is 22.8. The third kappa shape index (κ3) is 72.3. The number of rotatable bonds is 74. The number of phosphoric ester groups is 2. The molecule has 0 aromatic carbocycles. The molecule has 0 amide bonds. The summed E-state index contributed by atoms with van der Waals surface area (Å²) in [5.41, 5.74) is 0. The molecule has 0 aromatic heterocycles. The van der Waals surface area contributed by atoms with Crippen LogP contribution in [0.5, 0.6) is 0 Å². The highest BCUT2D eigenvalue weighted by Gasteiger charge is 2.30. The van der Waals surface area contributed by atoms with Crippen LogP contribution in [-0.2, 0) is 65.4 Å². The Morgan fingerprint density at radius 2 is 0.520 bits per heavy atom. The molecule has 0 aliphatic heterocycles. The van der Waals surface area contributed by atoms with Gasteiger partial charge in [0.05, 0.1) is 26.4 Å². The van der Waals surface area contributed by atoms with E-state index in [-0.39, 0.29) is 25.7 Å². The third-order valence-electron chi connectivity index (χ3n) is 16.6. The third-order valence-corrected chi connectivity index (χ3v) is 18.5. The molecule has 5 atom stereocenters. The molecule has 0 aromatic rings. The van der Waals surface area contributed by atoms with Gasteiger partial charge in [-0.25, -0.2) is 9.13 Å². The number of carbonyl (C=O) groups excluding carboxylic acids is 4. The predicted molar refractivity (Wildman–Crippen MR) is 409 cm³/mol. The SMILES string of the molecule is CC/C=C\C/C=C\C/C=C\C/C=C\CCCCCCCCC(=O)OCC(COP(=O)(O)OCC(O)COP(=O)(O)OCC(COC(=O)CCCCCCCCCCCCCCC)OC(=O)CCCCCCCCCCCCC)OC(=O)CCCCCC/C=C\C/C=C\C/C=C\C/C=C\CC. The monoisotopic (exact) mass is 1450 g/mol. The average Bonchev–Trinajstić information content (AvgIpc) is 0.930. The lowest BCUT2D eigenvalue weighted by molar-refractivity contribution is -0.161. The summed E-state index contributed by atoms with van der Waals surface area (Å²) >= 11 is 0. The van der Waals surface area contributed by atoms with Gasteiger partial charge >= 0.3 is 39.5 Å². The second kappa shape index (κ2) is 73.3. The highest BCUT2D eigenvalue weighted by atomic mass is 31.2. The van der Waals surface area contributed by atoms with Crippen molar-refractivity contribution in [2.24, 2.45) is 0 Å². The number of hydrogen-bond donors (Lipinski definition) is 3. The minimum atomic E-state index is -4.98. The van der Waals surface area contributed by atoms with E-state index in [1.54, 1.807) is 0 Å². The minimum absolute atomic E-state index is 0.0636. The van der Waals surface area contributed by atoms with Gasteiger partial charge in [0.2, 0.25) is 0 Å². The molecule has 0 spiro atoms. The first kappa shape index (κ1) is 96.0. The Labute approximate surface area is 607 Å². The second-order valence-corrected chi connectivity index (χ2v) is 29.2. The van der Waals surface area contributed by atoms with Crippen LogP contribution in [0.1, 0.15) is 336 Å². The van der Waals surface area contributed by atoms with Gasteiger partial charge < -0.3 is 33.8 Å². The summed E-state index contributed by atoms with van der Waals surface area (Å²) in [5.74, 6) is -2.20. The first-order valence-electron chi connectivity index (χ1n) is 39.5. The Morgan fingerprint density at radius 1 is 0.290 bits per heavy atom. The largest absolute Gasteiger partial charge is 0.472 e. The quantitative estimate of drug-likeness (QED) is 0.0169. The zero-order valence-electron chi connectivity index (χ0n) is 63.1. The molecule has 100 heavy (non-hydrogen) atoms. The van der Waals surface area contributed by atoms with Crippen molar-refractivity contribution in [1.82, 2.24) is 0 Å². The maximum Gasteiger partial charge on any atom is 0.472 e. The smallest absolute Gasteiger partial charge is 0.462 e. The molecule has 0 rings (SSSR count). The van der Waals surface area contributed by atoms with E-state index in [1.165, 1.54) is 96.3 Å². The Morgan fingerprint density at radius 3 is 0.800 bits per heavy atom. The normalized spacial score (nSPS) is 14.4. The minimum Gasteiger partial charge on any atom is -0.462 e. The zero-order chi connectivity index (χ0) is 73.2. The van der Waals surface area contributed by atoms with E-state index >= 15 is 0 Å². The Hall–Kier alpha value is -4.02. The molecule has 3 N–H and O–H groups in total. The average molecular weight is 1450 g/mol. The highest BCUT2D eigenvalue weighted by molar-refractivity contribution is 7.47. The molecule has 0 fully saturated rings. The zero-order valence-corrected chi connectivity index (χ0v) is 64.9. The second-order valence-electron chi connectivity index (χ2n) is 26.3. The molecule has 0 heterocycles. The summed E-state index contributed by atoms with van der Waals surface area (Å²) in [4.78, 5) is 72.9. The van der Waals surface area contributed by atoms with Gasteiger partial charge in [-0.05, 0) is 103 Å². The summed E-state index contributed by atoms with van der Waals surface area (Å²) in [6.07, 6.45) is 76.7. The molecular weight excluding hydrogens is 1310 g/mol. The molecule has 0 saturated carbocycles. The number of aliphatic hydroxyl groups excluding tert-OH is 1. The van der Waals surface area contributed by atoms with Crippen molar-refractivity contribution in [3.63, 3.8) is 0 Å². The van der Waals surface area contributed by atoms with Gasteiger partial charge in [-0.15, -0.1) is 0 Å². The van der Waals surface area contributed by atoms with Crippen molar-refractivity contribution < 1.29 is 80.2 Å². The number of carbonyl (C=O) groups is 4. The van der Waals surface area contributed by atoms with E-state index in [4.69, 9.17) is 37.0 Å². The number of hydrogen-bond acceptors (Lipinski definition) is 15. The van der Waals surface area contributed by atoms with Crippen LogP contribution in [0.2, 0.25) is 0 Å². The molecule has 5 unspecified atom stereocenters. The number of aliphatic hydroxyl groups is 1. The van der Waals surface area contributed by atoms with Crippen LogP contribution in [0.25, 0.3) is 0 Å². The van der Waals surface area contributed by atoms with Crippen molar-refractivity contribution in [2.45, 2.75) is 354 Å². The molecule has 578 valence electrons. The van der Waals surface area contributed by atoms with E-state index in [9.17, 15) is 43.2 Å². The number of unbranched alkanes of at least 4 members (excludes halogenated alkanes) is 32. The molecule has 19 heteroatoms. The lowest BCUT2D eigenvalue weighted by atomic mass is 10.0. The van der Waals surface area contributed by atoms with Gasteiger partial charge in [-0.2, -0.15) is 0 Å². The first-order chi connectivity index (χ1) is 48.7.